The third kappa shape index (κ3) is 2.46. The molecule has 1 nitrogen and oxygen atoms in total. The van der Waals surface area contributed by atoms with Crippen molar-refractivity contribution in [1.82, 2.24) is 0 Å². The number of rotatable bonds is 3. The molecule has 0 atom stereocenters. The second-order valence-corrected chi connectivity index (χ2v) is 5.45. The number of hydrogen-bond acceptors (Lipinski definition) is 1. The van der Waals surface area contributed by atoms with Crippen LogP contribution in [0.2, 0.25) is 0 Å². The minimum Gasteiger partial charge on any atom is -0.289 e. The van der Waals surface area contributed by atoms with Crippen LogP contribution in [0.1, 0.15) is 52.2 Å². The fourth-order valence-electron chi connectivity index (χ4n) is 2.55. The zero-order valence-corrected chi connectivity index (χ0v) is 11.2. The lowest BCUT2D eigenvalue weighted by Crippen LogP contribution is -2.10. The summed E-state index contributed by atoms with van der Waals surface area (Å²) in [6.45, 7) is 2.03. The summed E-state index contributed by atoms with van der Waals surface area (Å²) >= 11 is 0. The molecule has 0 N–H and O–H groups in total. The van der Waals surface area contributed by atoms with Crippen LogP contribution in [-0.4, -0.2) is 5.78 Å². The third-order valence-corrected chi connectivity index (χ3v) is 4.04. The minimum atomic E-state index is 0.126. The van der Waals surface area contributed by atoms with Gasteiger partial charge in [0.1, 0.15) is 0 Å². The maximum absolute atomic E-state index is 12.4. The lowest BCUT2D eigenvalue weighted by Gasteiger charge is -2.26. The van der Waals surface area contributed by atoms with E-state index in [0.717, 1.165) is 11.1 Å². The van der Waals surface area contributed by atoms with E-state index in [2.05, 4.69) is 12.1 Å². The molecule has 1 saturated carbocycles. The Balaban J connectivity index is 1.88. The zero-order valence-electron chi connectivity index (χ0n) is 11.2. The van der Waals surface area contributed by atoms with Crippen LogP contribution in [0, 0.1) is 6.92 Å². The van der Waals surface area contributed by atoms with Crippen LogP contribution < -0.4 is 0 Å². The molecule has 0 aliphatic heterocycles. The van der Waals surface area contributed by atoms with E-state index in [-0.39, 0.29) is 5.78 Å². The molecule has 1 aliphatic rings. The first-order valence-electron chi connectivity index (χ1n) is 6.95. The molecule has 0 heterocycles. The van der Waals surface area contributed by atoms with Crippen LogP contribution in [0.3, 0.4) is 0 Å². The molecule has 1 heteroatoms. The van der Waals surface area contributed by atoms with Gasteiger partial charge < -0.3 is 0 Å². The van der Waals surface area contributed by atoms with E-state index in [9.17, 15) is 4.79 Å². The van der Waals surface area contributed by atoms with Crippen LogP contribution in [0.5, 0.6) is 0 Å². The quantitative estimate of drug-likeness (QED) is 0.733. The maximum Gasteiger partial charge on any atom is 0.193 e. The Bertz CT molecular complexity index is 591. The number of benzene rings is 2. The normalized spacial score (nSPS) is 15.0. The predicted molar refractivity (Wildman–Crippen MR) is 77.6 cm³/mol. The molecule has 0 spiro atoms. The fraction of sp³-hybridized carbons (Fsp3) is 0.278. The van der Waals surface area contributed by atoms with Gasteiger partial charge in [0.25, 0.3) is 0 Å². The molecule has 1 aliphatic carbocycles. The molecule has 0 unspecified atom stereocenters. The van der Waals surface area contributed by atoms with E-state index in [1.165, 1.54) is 30.4 Å². The molecule has 0 bridgehead atoms. The summed E-state index contributed by atoms with van der Waals surface area (Å²) in [6.07, 6.45) is 3.85. The fourth-order valence-corrected chi connectivity index (χ4v) is 2.55. The average molecular weight is 250 g/mol. The van der Waals surface area contributed by atoms with E-state index in [1.807, 2.05) is 43.3 Å². The Labute approximate surface area is 114 Å². The third-order valence-electron chi connectivity index (χ3n) is 4.04. The van der Waals surface area contributed by atoms with Crippen LogP contribution >= 0.6 is 0 Å². The molecule has 2 aromatic carbocycles. The lowest BCUT2D eigenvalue weighted by molar-refractivity contribution is 0.103. The molecule has 96 valence electrons. The van der Waals surface area contributed by atoms with Gasteiger partial charge in [-0.25, -0.2) is 0 Å². The molecule has 0 saturated heterocycles. The van der Waals surface area contributed by atoms with Crippen molar-refractivity contribution in [3.05, 3.63) is 70.8 Å². The Morgan fingerprint density at radius 1 is 1.00 bits per heavy atom. The van der Waals surface area contributed by atoms with Gasteiger partial charge in [-0.1, -0.05) is 54.4 Å². The van der Waals surface area contributed by atoms with E-state index in [1.54, 1.807) is 0 Å². The average Bonchev–Trinajstić information content (AvgIpc) is 2.37. The Morgan fingerprint density at radius 3 is 2.37 bits per heavy atom. The van der Waals surface area contributed by atoms with E-state index >= 15 is 0 Å². The van der Waals surface area contributed by atoms with Crippen molar-refractivity contribution in [3.8, 4) is 0 Å². The van der Waals surface area contributed by atoms with Crippen LogP contribution in [0.15, 0.2) is 48.5 Å². The van der Waals surface area contributed by atoms with Crippen molar-refractivity contribution in [1.29, 1.82) is 0 Å². The van der Waals surface area contributed by atoms with Gasteiger partial charge >= 0.3 is 0 Å². The summed E-state index contributed by atoms with van der Waals surface area (Å²) in [4.78, 5) is 12.4. The second kappa shape index (κ2) is 5.00. The summed E-state index contributed by atoms with van der Waals surface area (Å²) in [7, 11) is 0. The standard InChI is InChI=1S/C18H18O/c1-13-8-10-15(11-9-13)18(19)17-7-3-6-16(12-17)14-4-2-5-14/h3,6-12,14H,2,4-5H2,1H3. The zero-order chi connectivity index (χ0) is 13.2. The lowest BCUT2D eigenvalue weighted by atomic mass is 9.79. The van der Waals surface area contributed by atoms with Gasteiger partial charge in [0, 0.05) is 11.1 Å². The monoisotopic (exact) mass is 250 g/mol. The molecule has 0 radical (unpaired) electrons. The van der Waals surface area contributed by atoms with Crippen LogP contribution in [0.25, 0.3) is 0 Å². The first-order valence-corrected chi connectivity index (χ1v) is 6.95. The first kappa shape index (κ1) is 12.2. The summed E-state index contributed by atoms with van der Waals surface area (Å²) in [5, 5.41) is 0. The largest absolute Gasteiger partial charge is 0.289 e. The summed E-state index contributed by atoms with van der Waals surface area (Å²) in [5.74, 6) is 0.798. The molecular weight excluding hydrogens is 232 g/mol. The summed E-state index contributed by atoms with van der Waals surface area (Å²) in [5.41, 5.74) is 4.09. The number of carbonyl (C=O) groups is 1. The van der Waals surface area contributed by atoms with Gasteiger partial charge in [0.15, 0.2) is 5.78 Å². The highest BCUT2D eigenvalue weighted by Gasteiger charge is 2.20. The first-order chi connectivity index (χ1) is 9.24. The Kier molecular flexibility index (Phi) is 3.20. The molecule has 0 amide bonds. The molecule has 0 aromatic heterocycles. The number of aryl methyl sites for hydroxylation is 1. The highest BCUT2D eigenvalue weighted by Crippen LogP contribution is 2.36. The van der Waals surface area contributed by atoms with Gasteiger partial charge in [0.2, 0.25) is 0 Å². The number of ketones is 1. The SMILES string of the molecule is Cc1ccc(C(=O)c2cccc(C3CCC3)c2)cc1. The predicted octanol–water partition coefficient (Wildman–Crippen LogP) is 4.49. The molecule has 3 rings (SSSR count). The summed E-state index contributed by atoms with van der Waals surface area (Å²) < 4.78 is 0. The topological polar surface area (TPSA) is 17.1 Å². The van der Waals surface area contributed by atoms with Gasteiger partial charge in [-0.05, 0) is 37.3 Å². The van der Waals surface area contributed by atoms with Crippen molar-refractivity contribution in [2.45, 2.75) is 32.1 Å². The van der Waals surface area contributed by atoms with Crippen molar-refractivity contribution >= 4 is 5.78 Å². The molecule has 2 aromatic rings. The van der Waals surface area contributed by atoms with E-state index < -0.39 is 0 Å². The van der Waals surface area contributed by atoms with Gasteiger partial charge in [-0.3, -0.25) is 4.79 Å². The molecular formula is C18H18O. The van der Waals surface area contributed by atoms with Gasteiger partial charge in [0.05, 0.1) is 0 Å². The maximum atomic E-state index is 12.4. The second-order valence-electron chi connectivity index (χ2n) is 5.45. The van der Waals surface area contributed by atoms with E-state index in [4.69, 9.17) is 0 Å². The van der Waals surface area contributed by atoms with Crippen LogP contribution in [0.4, 0.5) is 0 Å². The number of hydrogen-bond donors (Lipinski definition) is 0. The molecule has 19 heavy (non-hydrogen) atoms. The van der Waals surface area contributed by atoms with Crippen molar-refractivity contribution in [2.75, 3.05) is 0 Å². The Hall–Kier alpha value is -1.89. The van der Waals surface area contributed by atoms with Gasteiger partial charge in [-0.15, -0.1) is 0 Å². The Morgan fingerprint density at radius 2 is 1.74 bits per heavy atom. The highest BCUT2D eigenvalue weighted by atomic mass is 16.1. The minimum absolute atomic E-state index is 0.126. The van der Waals surface area contributed by atoms with Crippen molar-refractivity contribution in [2.24, 2.45) is 0 Å². The van der Waals surface area contributed by atoms with Crippen molar-refractivity contribution < 1.29 is 4.79 Å². The number of carbonyl (C=O) groups excluding carboxylic acids is 1. The van der Waals surface area contributed by atoms with Crippen molar-refractivity contribution in [3.63, 3.8) is 0 Å². The summed E-state index contributed by atoms with van der Waals surface area (Å²) in [6, 6.07) is 16.0. The highest BCUT2D eigenvalue weighted by molar-refractivity contribution is 6.09. The van der Waals surface area contributed by atoms with Crippen LogP contribution in [-0.2, 0) is 0 Å². The van der Waals surface area contributed by atoms with E-state index in [0.29, 0.717) is 5.92 Å². The smallest absolute Gasteiger partial charge is 0.193 e. The molecule has 1 fully saturated rings. The van der Waals surface area contributed by atoms with Gasteiger partial charge in [-0.2, -0.15) is 0 Å².